The normalized spacial score (nSPS) is 25.8. The summed E-state index contributed by atoms with van der Waals surface area (Å²) in [6.07, 6.45) is 2.66. The summed E-state index contributed by atoms with van der Waals surface area (Å²) < 4.78 is 0. The van der Waals surface area contributed by atoms with Gasteiger partial charge in [-0.1, -0.05) is 88.4 Å². The molecule has 8 atom stereocenters. The van der Waals surface area contributed by atoms with Crippen LogP contribution in [-0.2, 0) is 60.8 Å². The number of carbonyl (C=O) groups is 10. The topological polar surface area (TPSA) is 325 Å². The fraction of sp³-hybridized carbons (Fsp3) is 0.607. The van der Waals surface area contributed by atoms with Crippen molar-refractivity contribution in [3.05, 3.63) is 71.8 Å². The molecule has 0 aromatic heterocycles. The van der Waals surface area contributed by atoms with Crippen LogP contribution in [0.5, 0.6) is 0 Å². The molecule has 0 radical (unpaired) electrons. The number of carbonyl (C=O) groups excluding carboxylic acids is 10. The van der Waals surface area contributed by atoms with E-state index in [1.807, 2.05) is 88.4 Å². The van der Waals surface area contributed by atoms with E-state index in [4.69, 9.17) is 11.5 Å². The first-order valence-electron chi connectivity index (χ1n) is 27.8. The van der Waals surface area contributed by atoms with Gasteiger partial charge in [0.05, 0.1) is 11.8 Å². The first-order valence-corrected chi connectivity index (χ1v) is 27.8. The Bertz CT molecular complexity index is 2200. The van der Waals surface area contributed by atoms with E-state index >= 15 is 0 Å². The minimum Gasteiger partial charge on any atom is -0.354 e. The average Bonchev–Trinajstić information content (AvgIpc) is 4.12. The summed E-state index contributed by atoms with van der Waals surface area (Å²) in [5.41, 5.74) is 13.1. The molecule has 12 N–H and O–H groups in total. The fourth-order valence-corrected chi connectivity index (χ4v) is 10.1. The van der Waals surface area contributed by atoms with Crippen LogP contribution >= 0.6 is 0 Å². The summed E-state index contributed by atoms with van der Waals surface area (Å²) in [6, 6.07) is 12.2. The zero-order valence-corrected chi connectivity index (χ0v) is 45.8. The van der Waals surface area contributed by atoms with Crippen molar-refractivity contribution in [1.29, 1.82) is 0 Å². The first kappa shape index (κ1) is 61.9. The lowest BCUT2D eigenvalue weighted by molar-refractivity contribution is -0.142. The number of rotatable bonds is 12. The van der Waals surface area contributed by atoms with Crippen molar-refractivity contribution in [1.82, 2.24) is 52.3 Å². The van der Waals surface area contributed by atoms with Gasteiger partial charge in [-0.05, 0) is 87.4 Å². The fourth-order valence-electron chi connectivity index (χ4n) is 10.1. The second-order valence-corrected chi connectivity index (χ2v) is 21.3. The highest BCUT2D eigenvalue weighted by Crippen LogP contribution is 2.23. The number of hydrogen-bond donors (Lipinski definition) is 10. The molecule has 0 saturated carbocycles. The average molecular weight is 1090 g/mol. The van der Waals surface area contributed by atoms with Gasteiger partial charge in [-0.2, -0.15) is 0 Å². The van der Waals surface area contributed by atoms with Crippen molar-refractivity contribution < 1.29 is 47.9 Å². The van der Waals surface area contributed by atoms with Crippen LogP contribution < -0.4 is 54.0 Å². The Morgan fingerprint density at radius 3 is 1.19 bits per heavy atom. The number of fused-ring (bicyclic) bond motifs is 2. The smallest absolute Gasteiger partial charge is 0.246 e. The molecule has 0 bridgehead atoms. The number of nitrogens with zero attached hydrogens (tertiary/aromatic N) is 2. The zero-order valence-electron chi connectivity index (χ0n) is 45.8. The first-order chi connectivity index (χ1) is 37.4. The Kier molecular flexibility index (Phi) is 25.0. The van der Waals surface area contributed by atoms with Crippen LogP contribution in [0.2, 0.25) is 0 Å². The Balaban J connectivity index is 1.41. The highest BCUT2D eigenvalue weighted by atomic mass is 16.2. The molecule has 3 aliphatic rings. The number of amides is 10. The molecule has 3 heterocycles. The molecule has 10 amide bonds. The second kappa shape index (κ2) is 31.5. The molecule has 3 fully saturated rings. The van der Waals surface area contributed by atoms with Crippen LogP contribution in [0.15, 0.2) is 60.7 Å². The van der Waals surface area contributed by atoms with Gasteiger partial charge in [0.2, 0.25) is 59.1 Å². The minimum atomic E-state index is -1.09. The van der Waals surface area contributed by atoms with Crippen molar-refractivity contribution in [3.63, 3.8) is 0 Å². The number of hydrogen-bond acceptors (Lipinski definition) is 12. The van der Waals surface area contributed by atoms with Crippen molar-refractivity contribution >= 4 is 59.1 Å². The predicted octanol–water partition coefficient (Wildman–Crippen LogP) is -0.326. The van der Waals surface area contributed by atoms with Gasteiger partial charge >= 0.3 is 0 Å². The summed E-state index contributed by atoms with van der Waals surface area (Å²) in [4.78, 5) is 142. The van der Waals surface area contributed by atoms with E-state index in [0.29, 0.717) is 38.5 Å². The quantitative estimate of drug-likeness (QED) is 0.131. The Labute approximate surface area is 458 Å². The molecule has 22 heteroatoms. The van der Waals surface area contributed by atoms with E-state index in [1.54, 1.807) is 0 Å². The summed E-state index contributed by atoms with van der Waals surface area (Å²) >= 11 is 0. The maximum absolute atomic E-state index is 14.5. The van der Waals surface area contributed by atoms with E-state index in [0.717, 1.165) is 11.1 Å². The maximum atomic E-state index is 14.5. The van der Waals surface area contributed by atoms with Crippen LogP contribution in [0.3, 0.4) is 0 Å². The van der Waals surface area contributed by atoms with E-state index in [2.05, 4.69) is 42.5 Å². The van der Waals surface area contributed by atoms with E-state index in [-0.39, 0.29) is 103 Å². The van der Waals surface area contributed by atoms with Crippen molar-refractivity contribution in [2.45, 2.75) is 141 Å². The van der Waals surface area contributed by atoms with Crippen molar-refractivity contribution in [2.24, 2.45) is 35.1 Å². The van der Waals surface area contributed by atoms with Gasteiger partial charge in [-0.25, -0.2) is 0 Å². The lowest BCUT2D eigenvalue weighted by Gasteiger charge is -2.31. The molecule has 0 spiro atoms. The largest absolute Gasteiger partial charge is 0.354 e. The number of nitrogens with one attached hydrogen (secondary N) is 8. The number of nitrogens with two attached hydrogens (primary N) is 2. The molecule has 428 valence electrons. The van der Waals surface area contributed by atoms with Gasteiger partial charge in [0.25, 0.3) is 0 Å². The van der Waals surface area contributed by atoms with Crippen LogP contribution in [0.25, 0.3) is 0 Å². The van der Waals surface area contributed by atoms with Gasteiger partial charge in [0, 0.05) is 65.0 Å². The zero-order chi connectivity index (χ0) is 56.7. The van der Waals surface area contributed by atoms with Crippen molar-refractivity contribution in [2.75, 3.05) is 52.4 Å². The molecule has 22 nitrogen and oxygen atoms in total. The molecule has 3 saturated heterocycles. The van der Waals surface area contributed by atoms with Gasteiger partial charge in [0.15, 0.2) is 0 Å². The Morgan fingerprint density at radius 2 is 0.846 bits per heavy atom. The van der Waals surface area contributed by atoms with Crippen molar-refractivity contribution in [3.8, 4) is 0 Å². The summed E-state index contributed by atoms with van der Waals surface area (Å²) in [5.74, 6) is -7.36. The Hall–Kier alpha value is -6.94. The van der Waals surface area contributed by atoms with Crippen LogP contribution in [0, 0.1) is 23.7 Å². The van der Waals surface area contributed by atoms with E-state index in [1.165, 1.54) is 9.80 Å². The SMILES string of the molecule is CC(C)[C@@H]1CNC(=O)[C@@H](CCCN)NC(=O)CCNC(=O)[C@@H]2CCCN2C(=O)[C@@H](Cc2ccccc2)NC(=O)[C@H](C(C)C)CNC(=O)[C@@H](CCCN)NC(=O)CCNC(=O)[C@@H]2CCCN2C(=O)[C@@H](Cc2ccccc2)NC1=O. The molecule has 3 aliphatic heterocycles. The van der Waals surface area contributed by atoms with Crippen LogP contribution in [0.4, 0.5) is 0 Å². The van der Waals surface area contributed by atoms with E-state index in [9.17, 15) is 47.9 Å². The van der Waals surface area contributed by atoms with Gasteiger partial charge < -0.3 is 63.8 Å². The van der Waals surface area contributed by atoms with Gasteiger partial charge in [-0.3, -0.25) is 47.9 Å². The lowest BCUT2D eigenvalue weighted by atomic mass is 9.93. The summed E-state index contributed by atoms with van der Waals surface area (Å²) in [7, 11) is 0. The van der Waals surface area contributed by atoms with Gasteiger partial charge in [-0.15, -0.1) is 0 Å². The summed E-state index contributed by atoms with van der Waals surface area (Å²) in [6.45, 7) is 7.70. The highest BCUT2D eigenvalue weighted by molar-refractivity contribution is 5.95. The third-order valence-corrected chi connectivity index (χ3v) is 14.7. The third kappa shape index (κ3) is 18.6. The third-order valence-electron chi connectivity index (χ3n) is 14.7. The standard InChI is InChI=1S/C56H84N12O10/c1-35(2)39-33-61-51(73)41(19-11-25-57)63-47(69)23-27-60-54(76)46-22-14-30-68(46)56(78)44(32-38-17-9-6-10-18-38)66-50(72)40(36(3)4)34-62-52(74)42(20-12-26-58)64-48(70)24-28-59-53(75)45-21-13-29-67(45)55(77)43(65-49(39)71)31-37-15-7-5-8-16-37/h5-10,15-18,35-36,39-46H,11-14,19-34,57-58H2,1-4H3,(H,59,75)(H,60,76)(H,61,73)(H,62,74)(H,63,69)(H,64,70)(H,65,71)(H,66,72)/t39-,40-,41+,42+,43+,44+,45-,46-/m0/s1. The van der Waals surface area contributed by atoms with Crippen LogP contribution in [-0.4, -0.2) is 157 Å². The minimum absolute atomic E-state index is 0.109. The predicted molar refractivity (Wildman–Crippen MR) is 292 cm³/mol. The molecule has 2 aromatic carbocycles. The summed E-state index contributed by atoms with van der Waals surface area (Å²) in [5, 5.41) is 22.6. The molecule has 5 rings (SSSR count). The Morgan fingerprint density at radius 1 is 0.474 bits per heavy atom. The maximum Gasteiger partial charge on any atom is 0.246 e. The highest BCUT2D eigenvalue weighted by Gasteiger charge is 2.41. The molecule has 2 aromatic rings. The monoisotopic (exact) mass is 1080 g/mol. The lowest BCUT2D eigenvalue weighted by Crippen LogP contribution is -2.56. The molecule has 78 heavy (non-hydrogen) atoms. The molecular weight excluding hydrogens is 1000 g/mol. The number of benzene rings is 2. The molecule has 0 unspecified atom stereocenters. The van der Waals surface area contributed by atoms with Gasteiger partial charge in [0.1, 0.15) is 36.3 Å². The van der Waals surface area contributed by atoms with E-state index < -0.39 is 107 Å². The molecular formula is C56H84N12O10. The molecule has 0 aliphatic carbocycles. The van der Waals surface area contributed by atoms with Crippen LogP contribution in [0.1, 0.15) is 103 Å². The second-order valence-electron chi connectivity index (χ2n) is 21.3.